The summed E-state index contributed by atoms with van der Waals surface area (Å²) in [6.45, 7) is -0.680. The van der Waals surface area contributed by atoms with Gasteiger partial charge in [-0.05, 0) is 86.3 Å². The molecule has 182 valence electrons. The molecule has 0 saturated heterocycles. The first-order valence-electron chi connectivity index (χ1n) is 11.1. The van der Waals surface area contributed by atoms with Gasteiger partial charge in [-0.2, -0.15) is 0 Å². The second-order valence-corrected chi connectivity index (χ2v) is 11.2. The van der Waals surface area contributed by atoms with Crippen LogP contribution in [-0.4, -0.2) is 52.1 Å². The summed E-state index contributed by atoms with van der Waals surface area (Å²) in [6.07, 6.45) is 3.33. The molecule has 9 heteroatoms. The van der Waals surface area contributed by atoms with Gasteiger partial charge in [-0.1, -0.05) is 23.2 Å². The Kier molecular flexibility index (Phi) is 10.3. The van der Waals surface area contributed by atoms with Gasteiger partial charge >= 0.3 is 5.97 Å². The van der Waals surface area contributed by atoms with Crippen molar-refractivity contribution < 1.29 is 24.9 Å². The summed E-state index contributed by atoms with van der Waals surface area (Å²) in [5.41, 5.74) is 1.06. The van der Waals surface area contributed by atoms with Gasteiger partial charge in [0.15, 0.2) is 0 Å². The zero-order valence-electron chi connectivity index (χ0n) is 18.1. The Morgan fingerprint density at radius 1 is 1.12 bits per heavy atom. The number of alkyl halides is 1. The third-order valence-corrected chi connectivity index (χ3v) is 8.17. The molecule has 0 radical (unpaired) electrons. The van der Waals surface area contributed by atoms with Crippen molar-refractivity contribution in [2.24, 2.45) is 11.8 Å². The van der Waals surface area contributed by atoms with E-state index in [1.54, 1.807) is 12.1 Å². The number of aliphatic hydroxyl groups excluding tert-OH is 3. The van der Waals surface area contributed by atoms with Gasteiger partial charge < -0.3 is 20.1 Å². The summed E-state index contributed by atoms with van der Waals surface area (Å²) in [5, 5.41) is 29.9. The van der Waals surface area contributed by atoms with Gasteiger partial charge in [0, 0.05) is 20.3 Å². The number of halogens is 3. The first-order valence-corrected chi connectivity index (χ1v) is 13.1. The number of hydrogen-bond acceptors (Lipinski definition) is 6. The van der Waals surface area contributed by atoms with E-state index in [1.807, 2.05) is 18.2 Å². The van der Waals surface area contributed by atoms with Crippen molar-refractivity contribution in [2.75, 3.05) is 13.2 Å². The quantitative estimate of drug-likeness (QED) is 0.274. The molecule has 1 aliphatic carbocycles. The third-order valence-electron chi connectivity index (χ3n) is 6.11. The Morgan fingerprint density at radius 3 is 2.55 bits per heavy atom. The number of benzene rings is 1. The number of rotatable bonds is 11. The van der Waals surface area contributed by atoms with Crippen molar-refractivity contribution in [2.45, 2.75) is 56.1 Å². The smallest absolute Gasteiger partial charge is 0.348 e. The van der Waals surface area contributed by atoms with E-state index in [-0.39, 0.29) is 23.8 Å². The van der Waals surface area contributed by atoms with Gasteiger partial charge in [0.2, 0.25) is 0 Å². The number of aliphatic hydroxyl groups is 3. The molecule has 1 aromatic heterocycles. The fourth-order valence-electron chi connectivity index (χ4n) is 4.45. The first-order chi connectivity index (χ1) is 15.8. The monoisotopic (exact) mass is 534 g/mol. The van der Waals surface area contributed by atoms with Crippen LogP contribution in [0.5, 0.6) is 0 Å². The minimum atomic E-state index is -1.07. The van der Waals surface area contributed by atoms with Crippen LogP contribution in [0.25, 0.3) is 0 Å². The number of carbonyl (C=O) groups is 1. The van der Waals surface area contributed by atoms with Gasteiger partial charge in [0.05, 0.1) is 12.7 Å². The molecular weight excluding hydrogens is 507 g/mol. The van der Waals surface area contributed by atoms with Crippen LogP contribution in [0, 0.1) is 11.8 Å². The summed E-state index contributed by atoms with van der Waals surface area (Å²) in [6, 6.07) is 9.16. The van der Waals surface area contributed by atoms with Crippen LogP contribution in [0.15, 0.2) is 30.3 Å². The SMILES string of the molecule is O=C(OC[C@@H](O)CO)c1ccc(CCC[C@@H]2[C@@H](CCc3cc(Cl)cc(Cl)c3)[C@H](O)C[C@H]2Cl)s1. The van der Waals surface area contributed by atoms with Crippen LogP contribution in [0.2, 0.25) is 10.0 Å². The average molecular weight is 536 g/mol. The number of esters is 1. The molecule has 1 saturated carbocycles. The molecule has 3 rings (SSSR count). The molecular formula is C24H29Cl3O5S. The highest BCUT2D eigenvalue weighted by molar-refractivity contribution is 7.13. The normalized spacial score (nSPS) is 23.6. The van der Waals surface area contributed by atoms with Gasteiger partial charge in [-0.15, -0.1) is 22.9 Å². The second kappa shape index (κ2) is 12.7. The van der Waals surface area contributed by atoms with Crippen molar-refractivity contribution in [3.05, 3.63) is 55.7 Å². The molecule has 5 atom stereocenters. The maximum absolute atomic E-state index is 12.0. The first kappa shape index (κ1) is 26.7. The molecule has 1 fully saturated rings. The Morgan fingerprint density at radius 2 is 1.85 bits per heavy atom. The number of thiophene rings is 1. The van der Waals surface area contributed by atoms with Crippen LogP contribution in [0.1, 0.15) is 45.8 Å². The van der Waals surface area contributed by atoms with Crippen LogP contribution >= 0.6 is 46.1 Å². The lowest BCUT2D eigenvalue weighted by Gasteiger charge is -2.23. The molecule has 0 unspecified atom stereocenters. The fourth-order valence-corrected chi connectivity index (χ4v) is 6.46. The van der Waals surface area contributed by atoms with E-state index in [4.69, 9.17) is 44.6 Å². The van der Waals surface area contributed by atoms with Crippen molar-refractivity contribution in [3.63, 3.8) is 0 Å². The summed E-state index contributed by atoms with van der Waals surface area (Å²) in [7, 11) is 0. The van der Waals surface area contributed by atoms with E-state index in [1.165, 1.54) is 11.3 Å². The number of hydrogen-bond donors (Lipinski definition) is 3. The molecule has 0 amide bonds. The van der Waals surface area contributed by atoms with Crippen LogP contribution in [-0.2, 0) is 17.6 Å². The molecule has 3 N–H and O–H groups in total. The number of aryl methyl sites for hydroxylation is 2. The predicted molar refractivity (Wildman–Crippen MR) is 133 cm³/mol. The maximum atomic E-state index is 12.0. The molecule has 1 aromatic carbocycles. The minimum Gasteiger partial charge on any atom is -0.459 e. The molecule has 0 spiro atoms. The van der Waals surface area contributed by atoms with Crippen LogP contribution in [0.3, 0.4) is 0 Å². The topological polar surface area (TPSA) is 87.0 Å². The molecule has 5 nitrogen and oxygen atoms in total. The number of ether oxygens (including phenoxy) is 1. The van der Waals surface area contributed by atoms with E-state index < -0.39 is 24.8 Å². The van der Waals surface area contributed by atoms with Gasteiger partial charge in [0.1, 0.15) is 17.6 Å². The highest BCUT2D eigenvalue weighted by atomic mass is 35.5. The lowest BCUT2D eigenvalue weighted by molar-refractivity contribution is 0.00971. The maximum Gasteiger partial charge on any atom is 0.348 e. The summed E-state index contributed by atoms with van der Waals surface area (Å²) >= 11 is 20.2. The highest BCUT2D eigenvalue weighted by Crippen LogP contribution is 2.42. The van der Waals surface area contributed by atoms with Crippen molar-refractivity contribution in [3.8, 4) is 0 Å². The summed E-state index contributed by atoms with van der Waals surface area (Å²) in [4.78, 5) is 13.6. The molecule has 1 aliphatic rings. The van der Waals surface area contributed by atoms with Crippen molar-refractivity contribution in [1.29, 1.82) is 0 Å². The van der Waals surface area contributed by atoms with E-state index in [9.17, 15) is 15.0 Å². The van der Waals surface area contributed by atoms with Gasteiger partial charge in [0.25, 0.3) is 0 Å². The fraction of sp³-hybridized carbons (Fsp3) is 0.542. The molecule has 1 heterocycles. The summed E-state index contributed by atoms with van der Waals surface area (Å²) < 4.78 is 5.00. The third kappa shape index (κ3) is 7.82. The molecule has 33 heavy (non-hydrogen) atoms. The Hall–Kier alpha value is -0.860. The number of carbonyl (C=O) groups excluding carboxylic acids is 1. The lowest BCUT2D eigenvalue weighted by atomic mass is 9.85. The lowest BCUT2D eigenvalue weighted by Crippen LogP contribution is -2.21. The van der Waals surface area contributed by atoms with Gasteiger partial charge in [-0.3, -0.25) is 0 Å². The molecule has 2 aromatic rings. The van der Waals surface area contributed by atoms with E-state index in [0.717, 1.165) is 42.5 Å². The van der Waals surface area contributed by atoms with Crippen LogP contribution < -0.4 is 0 Å². The Labute approximate surface area is 213 Å². The zero-order chi connectivity index (χ0) is 24.0. The van der Waals surface area contributed by atoms with E-state index in [0.29, 0.717) is 21.3 Å². The molecule has 0 aliphatic heterocycles. The van der Waals surface area contributed by atoms with Crippen LogP contribution in [0.4, 0.5) is 0 Å². The Bertz CT molecular complexity index is 901. The van der Waals surface area contributed by atoms with E-state index >= 15 is 0 Å². The second-order valence-electron chi connectivity index (χ2n) is 8.56. The predicted octanol–water partition coefficient (Wildman–Crippen LogP) is 5.12. The van der Waals surface area contributed by atoms with Gasteiger partial charge in [-0.25, -0.2) is 4.79 Å². The van der Waals surface area contributed by atoms with E-state index in [2.05, 4.69) is 0 Å². The summed E-state index contributed by atoms with van der Waals surface area (Å²) in [5.74, 6) is -0.155. The largest absolute Gasteiger partial charge is 0.459 e. The highest BCUT2D eigenvalue weighted by Gasteiger charge is 2.40. The molecule has 0 bridgehead atoms. The van der Waals surface area contributed by atoms with Crippen molar-refractivity contribution >= 4 is 52.1 Å². The standard InChI is InChI=1S/C24H29Cl3O5S/c25-15-8-14(9-16(26)10-15)4-6-20-19(21(27)11-22(20)30)3-1-2-18-5-7-23(33-18)24(31)32-13-17(29)12-28/h5,7-10,17,19-22,28-30H,1-4,6,11-13H2/t17-,19+,20+,21+,22+/m0/s1. The average Bonchev–Trinajstić information content (AvgIpc) is 3.34. The zero-order valence-corrected chi connectivity index (χ0v) is 21.2. The van der Waals surface area contributed by atoms with Crippen molar-refractivity contribution in [1.82, 2.24) is 0 Å². The minimum absolute atomic E-state index is 0.0558. The Balaban J connectivity index is 1.50.